The number of nitrogens with one attached hydrogen (secondary N) is 2. The predicted molar refractivity (Wildman–Crippen MR) is 215 cm³/mol. The first-order chi connectivity index (χ1) is 25.2. The van der Waals surface area contributed by atoms with Crippen LogP contribution in [0.15, 0.2) is 59.0 Å². The van der Waals surface area contributed by atoms with Gasteiger partial charge >= 0.3 is 0 Å². The van der Waals surface area contributed by atoms with Crippen LogP contribution in [0.5, 0.6) is 0 Å². The maximum Gasteiger partial charge on any atom is 0.224 e. The van der Waals surface area contributed by atoms with Gasteiger partial charge in [0.15, 0.2) is 5.78 Å². The Balaban J connectivity index is 2.05. The molecule has 286 valence electrons. The topological polar surface area (TPSA) is 105 Å². The molecule has 0 fully saturated rings. The second-order valence-corrected chi connectivity index (χ2v) is 14.3. The molecule has 8 nitrogen and oxygen atoms in total. The summed E-state index contributed by atoms with van der Waals surface area (Å²) in [5, 5.41) is 20.3. The molecule has 0 radical (unpaired) electrons. The molecular weight excluding hydrogens is 649 g/mol. The third-order valence-corrected chi connectivity index (χ3v) is 9.72. The highest BCUT2D eigenvalue weighted by molar-refractivity contribution is 6.40. The van der Waals surface area contributed by atoms with Crippen molar-refractivity contribution in [1.29, 1.82) is 0 Å². The lowest BCUT2D eigenvalue weighted by molar-refractivity contribution is -0.526. The summed E-state index contributed by atoms with van der Waals surface area (Å²) in [6.45, 7) is 16.3. The molecule has 0 saturated heterocycles. The Labute approximate surface area is 314 Å². The highest BCUT2D eigenvalue weighted by Crippen LogP contribution is 2.42. The summed E-state index contributed by atoms with van der Waals surface area (Å²) in [4.78, 5) is 42.8. The molecule has 2 N–H and O–H groups in total. The van der Waals surface area contributed by atoms with Gasteiger partial charge in [-0.2, -0.15) is 0 Å². The van der Waals surface area contributed by atoms with Crippen molar-refractivity contribution in [2.75, 3.05) is 36.4 Å². The van der Waals surface area contributed by atoms with Gasteiger partial charge in [-0.25, -0.2) is 4.58 Å². The molecule has 1 aromatic carbocycles. The Hall–Kier alpha value is -3.94. The van der Waals surface area contributed by atoms with Crippen molar-refractivity contribution in [2.24, 2.45) is 0 Å². The third-order valence-electron chi connectivity index (χ3n) is 9.72. The van der Waals surface area contributed by atoms with Crippen molar-refractivity contribution in [3.63, 3.8) is 0 Å². The molecular formula is C44H66N4O4. The van der Waals surface area contributed by atoms with Crippen molar-refractivity contribution < 1.29 is 24.1 Å². The molecule has 0 saturated carbocycles. The highest BCUT2D eigenvalue weighted by atomic mass is 16.3. The van der Waals surface area contributed by atoms with E-state index in [0.29, 0.717) is 35.4 Å². The monoisotopic (exact) mass is 715 g/mol. The van der Waals surface area contributed by atoms with Crippen LogP contribution in [0.2, 0.25) is 0 Å². The average Bonchev–Trinajstić information content (AvgIpc) is 3.12. The molecule has 0 atom stereocenters. The first-order valence-electron chi connectivity index (χ1n) is 20.5. The average molecular weight is 715 g/mol. The van der Waals surface area contributed by atoms with E-state index in [1.165, 1.54) is 0 Å². The first-order valence-corrected chi connectivity index (χ1v) is 20.5. The largest absolute Gasteiger partial charge is 0.871 e. The summed E-state index contributed by atoms with van der Waals surface area (Å²) in [6, 6.07) is 5.67. The molecule has 52 heavy (non-hydrogen) atoms. The van der Waals surface area contributed by atoms with Crippen LogP contribution in [0.1, 0.15) is 150 Å². The number of anilines is 2. The van der Waals surface area contributed by atoms with Crippen LogP contribution in [0.4, 0.5) is 11.4 Å². The van der Waals surface area contributed by atoms with Crippen molar-refractivity contribution in [3.05, 3.63) is 64.6 Å². The van der Waals surface area contributed by atoms with Crippen LogP contribution in [0, 0.1) is 0 Å². The summed E-state index contributed by atoms with van der Waals surface area (Å²) in [5.41, 5.74) is 3.93. The van der Waals surface area contributed by atoms with Crippen molar-refractivity contribution in [3.8, 4) is 0 Å². The number of allylic oxidation sites excluding steroid dienone is 5. The Morgan fingerprint density at radius 1 is 0.692 bits per heavy atom. The van der Waals surface area contributed by atoms with Crippen molar-refractivity contribution >= 4 is 40.3 Å². The number of nitrogens with zero attached hydrogens (tertiary/aromatic N) is 2. The van der Waals surface area contributed by atoms with Crippen LogP contribution in [0.25, 0.3) is 5.57 Å². The number of rotatable bonds is 24. The second kappa shape index (κ2) is 22.9. The fraction of sp³-hybridized carbons (Fsp3) is 0.591. The Morgan fingerprint density at radius 3 is 1.81 bits per heavy atom. The van der Waals surface area contributed by atoms with E-state index in [1.54, 1.807) is 0 Å². The number of hydrogen-bond donors (Lipinski definition) is 2. The van der Waals surface area contributed by atoms with E-state index in [4.69, 9.17) is 0 Å². The lowest BCUT2D eigenvalue weighted by atomic mass is 9.78. The molecule has 0 heterocycles. The van der Waals surface area contributed by atoms with E-state index in [-0.39, 0.29) is 34.5 Å². The normalized spacial score (nSPS) is 15.5. The Bertz CT molecular complexity index is 1520. The predicted octanol–water partition coefficient (Wildman–Crippen LogP) is 8.77. The number of hydrogen-bond acceptors (Lipinski definition) is 5. The van der Waals surface area contributed by atoms with Gasteiger partial charge in [0.25, 0.3) is 0 Å². The van der Waals surface area contributed by atoms with E-state index in [9.17, 15) is 19.5 Å². The first kappa shape index (κ1) is 42.5. The van der Waals surface area contributed by atoms with Crippen LogP contribution < -0.4 is 20.6 Å². The Kier molecular flexibility index (Phi) is 18.7. The Morgan fingerprint density at radius 2 is 1.27 bits per heavy atom. The number of unbranched alkanes of at least 4 members (excludes halogenated alkanes) is 8. The van der Waals surface area contributed by atoms with Crippen LogP contribution in [0.3, 0.4) is 0 Å². The zero-order valence-electron chi connectivity index (χ0n) is 33.1. The van der Waals surface area contributed by atoms with Crippen LogP contribution in [-0.4, -0.2) is 54.1 Å². The summed E-state index contributed by atoms with van der Waals surface area (Å²) in [7, 11) is 0. The van der Waals surface area contributed by atoms with E-state index < -0.39 is 0 Å². The maximum absolute atomic E-state index is 14.1. The lowest BCUT2D eigenvalue weighted by Gasteiger charge is -2.34. The van der Waals surface area contributed by atoms with Gasteiger partial charge in [-0.3, -0.25) is 14.4 Å². The van der Waals surface area contributed by atoms with Gasteiger partial charge in [0.1, 0.15) is 13.1 Å². The van der Waals surface area contributed by atoms with E-state index in [1.807, 2.05) is 36.4 Å². The van der Waals surface area contributed by atoms with Crippen LogP contribution >= 0.6 is 0 Å². The summed E-state index contributed by atoms with van der Waals surface area (Å²) >= 11 is 0. The number of carbonyl (C=O) groups is 3. The fourth-order valence-corrected chi connectivity index (χ4v) is 7.01. The smallest absolute Gasteiger partial charge is 0.224 e. The molecule has 0 bridgehead atoms. The van der Waals surface area contributed by atoms with E-state index >= 15 is 0 Å². The van der Waals surface area contributed by atoms with Gasteiger partial charge in [0.05, 0.1) is 11.4 Å². The standard InChI is InChI=1S/C44H66N4O4/c1-7-13-15-17-19-21-39(49)45-37-31-33(47(27-9-3)28-10-4)23-25-35(37)41-43(51)42(44(41)52)36-26-24-34(48(29-11-5)30-12-6)32-38(36)46-40(50)22-20-18-16-14-8-2/h23-26,31-32H,7-22,27-30H2,1-6H3,(H2,45,46,49,50,51,52). The van der Waals surface area contributed by atoms with Gasteiger partial charge in [0, 0.05) is 78.9 Å². The molecule has 0 unspecified atom stereocenters. The van der Waals surface area contributed by atoms with Crippen LogP contribution in [-0.2, 0) is 14.4 Å². The number of benzene rings is 1. The minimum Gasteiger partial charge on any atom is -0.871 e. The highest BCUT2D eigenvalue weighted by Gasteiger charge is 2.34. The number of carbonyl (C=O) groups excluding carboxylic acids is 3. The molecule has 8 heteroatoms. The number of ketones is 1. The number of Topliss-reactive ketones (excluding diaryl/α,β-unsaturated/α-hetero) is 1. The molecule has 2 amide bonds. The van der Waals surface area contributed by atoms with Gasteiger partial charge < -0.3 is 20.6 Å². The van der Waals surface area contributed by atoms with Gasteiger partial charge in [-0.15, -0.1) is 0 Å². The summed E-state index contributed by atoms with van der Waals surface area (Å²) in [5.74, 6) is -0.965. The molecule has 3 rings (SSSR count). The second-order valence-electron chi connectivity index (χ2n) is 14.3. The molecule has 0 spiro atoms. The number of amides is 2. The van der Waals surface area contributed by atoms with Crippen molar-refractivity contribution in [1.82, 2.24) is 5.32 Å². The zero-order valence-corrected chi connectivity index (χ0v) is 33.1. The quantitative estimate of drug-likeness (QED) is 0.0633. The van der Waals surface area contributed by atoms with Gasteiger partial charge in [-0.05, 0) is 43.9 Å². The molecule has 0 aliphatic heterocycles. The van der Waals surface area contributed by atoms with Gasteiger partial charge in [0.2, 0.25) is 17.5 Å². The minimum atomic E-state index is -0.367. The molecule has 0 aromatic heterocycles. The van der Waals surface area contributed by atoms with E-state index in [0.717, 1.165) is 127 Å². The lowest BCUT2D eigenvalue weighted by Crippen LogP contribution is -2.34. The SMILES string of the molecule is CCCCCCCC(=O)NC1=CC(=[N+](CCC)CCC)C=C/C1=C1\C(=O)C(c2ccc(N(CCC)CCC)cc2NC(=O)CCCCCCC)=C1[O-]. The maximum atomic E-state index is 14.1. The molecule has 2 aliphatic carbocycles. The third kappa shape index (κ3) is 12.1. The molecule has 1 aromatic rings. The fourth-order valence-electron chi connectivity index (χ4n) is 7.01. The summed E-state index contributed by atoms with van der Waals surface area (Å²) < 4.78 is 2.28. The van der Waals surface area contributed by atoms with Crippen molar-refractivity contribution in [2.45, 2.75) is 144 Å². The van der Waals surface area contributed by atoms with E-state index in [2.05, 4.69) is 61.7 Å². The van der Waals surface area contributed by atoms with Gasteiger partial charge in [-0.1, -0.05) is 105 Å². The molecule has 2 aliphatic rings. The minimum absolute atomic E-state index is 0.0770. The summed E-state index contributed by atoms with van der Waals surface area (Å²) in [6.07, 6.45) is 20.7. The zero-order chi connectivity index (χ0) is 37.9.